The first-order chi connectivity index (χ1) is 10.4. The summed E-state index contributed by atoms with van der Waals surface area (Å²) >= 11 is 0. The predicted octanol–water partition coefficient (Wildman–Crippen LogP) is 6.04. The second kappa shape index (κ2) is 5.55. The Kier molecular flexibility index (Phi) is 4.00. The maximum absolute atomic E-state index is 8.05. The van der Waals surface area contributed by atoms with Gasteiger partial charge in [0.1, 0.15) is 0 Å². The molecular formula is C21H31N. The zero-order chi connectivity index (χ0) is 16.1. The Balaban J connectivity index is 2.19. The van der Waals surface area contributed by atoms with E-state index in [0.717, 1.165) is 18.3 Å². The third-order valence-corrected chi connectivity index (χ3v) is 6.91. The normalized spacial score (nSPS) is 44.1. The lowest BCUT2D eigenvalue weighted by atomic mass is 9.48. The molecule has 3 aliphatic rings. The van der Waals surface area contributed by atoms with E-state index in [2.05, 4.69) is 45.5 Å². The fourth-order valence-corrected chi connectivity index (χ4v) is 5.82. The van der Waals surface area contributed by atoms with Crippen molar-refractivity contribution in [1.82, 2.24) is 0 Å². The Morgan fingerprint density at radius 3 is 2.55 bits per heavy atom. The summed E-state index contributed by atoms with van der Waals surface area (Å²) in [6, 6.07) is 0. The van der Waals surface area contributed by atoms with Crippen LogP contribution >= 0.6 is 0 Å². The van der Waals surface area contributed by atoms with Gasteiger partial charge < -0.3 is 4.85 Å². The molecule has 0 bridgehead atoms. The Bertz CT molecular complexity index is 557. The fraction of sp³-hybridized carbons (Fsp3) is 0.762. The van der Waals surface area contributed by atoms with Crippen LogP contribution in [0.4, 0.5) is 0 Å². The molecule has 3 rings (SSSR count). The van der Waals surface area contributed by atoms with Crippen molar-refractivity contribution in [3.8, 4) is 0 Å². The van der Waals surface area contributed by atoms with E-state index in [1.54, 1.807) is 11.1 Å². The van der Waals surface area contributed by atoms with Crippen LogP contribution < -0.4 is 0 Å². The largest absolute Gasteiger partial charge is 0.309 e. The SMILES string of the molecule is [C-]#[N+][C@@]12CC[C@H](C)C3=C(C=C(C)C)C[C@H](C)[C@@H](CC[C@@H]1C)[C@@H]32. The van der Waals surface area contributed by atoms with Crippen LogP contribution in [-0.2, 0) is 0 Å². The lowest BCUT2D eigenvalue weighted by Gasteiger charge is -2.54. The van der Waals surface area contributed by atoms with Crippen LogP contribution in [0.1, 0.15) is 66.7 Å². The van der Waals surface area contributed by atoms with Crippen LogP contribution in [0, 0.1) is 36.2 Å². The first kappa shape index (κ1) is 15.9. The maximum atomic E-state index is 8.05. The number of allylic oxidation sites excluding steroid dienone is 3. The minimum atomic E-state index is -0.0970. The molecule has 22 heavy (non-hydrogen) atoms. The van der Waals surface area contributed by atoms with E-state index in [4.69, 9.17) is 6.57 Å². The average molecular weight is 297 g/mol. The van der Waals surface area contributed by atoms with Gasteiger partial charge in [-0.1, -0.05) is 38.0 Å². The van der Waals surface area contributed by atoms with Gasteiger partial charge in [0.25, 0.3) is 0 Å². The van der Waals surface area contributed by atoms with Crippen molar-refractivity contribution >= 4 is 0 Å². The quantitative estimate of drug-likeness (QED) is 0.520. The zero-order valence-corrected chi connectivity index (χ0v) is 14.9. The third-order valence-electron chi connectivity index (χ3n) is 6.91. The molecule has 2 fully saturated rings. The minimum Gasteiger partial charge on any atom is -0.309 e. The first-order valence-corrected chi connectivity index (χ1v) is 9.17. The molecule has 120 valence electrons. The molecule has 0 spiro atoms. The van der Waals surface area contributed by atoms with E-state index in [0.29, 0.717) is 17.8 Å². The molecular weight excluding hydrogens is 266 g/mol. The first-order valence-electron chi connectivity index (χ1n) is 9.17. The molecule has 0 saturated heterocycles. The van der Waals surface area contributed by atoms with E-state index in [1.807, 2.05) is 0 Å². The van der Waals surface area contributed by atoms with Crippen molar-refractivity contribution in [3.63, 3.8) is 0 Å². The van der Waals surface area contributed by atoms with Gasteiger partial charge >= 0.3 is 0 Å². The molecule has 0 radical (unpaired) electrons. The smallest absolute Gasteiger partial charge is 0.241 e. The highest BCUT2D eigenvalue weighted by atomic mass is 14.9. The Hall–Kier alpha value is -1.03. The Labute approximate surface area is 136 Å². The van der Waals surface area contributed by atoms with Crippen molar-refractivity contribution in [2.24, 2.45) is 29.6 Å². The molecule has 6 atom stereocenters. The van der Waals surface area contributed by atoms with E-state index in [1.165, 1.54) is 31.3 Å². The van der Waals surface area contributed by atoms with Crippen LogP contribution in [0.15, 0.2) is 22.8 Å². The van der Waals surface area contributed by atoms with Crippen LogP contribution in [0.5, 0.6) is 0 Å². The summed E-state index contributed by atoms with van der Waals surface area (Å²) in [5.41, 5.74) is 4.57. The molecule has 0 aromatic rings. The highest BCUT2D eigenvalue weighted by Crippen LogP contribution is 2.60. The van der Waals surface area contributed by atoms with Crippen LogP contribution in [-0.4, -0.2) is 5.54 Å². The summed E-state index contributed by atoms with van der Waals surface area (Å²) in [6.45, 7) is 19.7. The molecule has 3 aliphatic carbocycles. The molecule has 0 aromatic heterocycles. The van der Waals surface area contributed by atoms with E-state index < -0.39 is 0 Å². The van der Waals surface area contributed by atoms with Crippen molar-refractivity contribution in [2.45, 2.75) is 72.3 Å². The molecule has 2 saturated carbocycles. The van der Waals surface area contributed by atoms with E-state index >= 15 is 0 Å². The van der Waals surface area contributed by atoms with Gasteiger partial charge in [0.05, 0.1) is 5.92 Å². The zero-order valence-electron chi connectivity index (χ0n) is 14.9. The van der Waals surface area contributed by atoms with Crippen LogP contribution in [0.25, 0.3) is 4.85 Å². The fourth-order valence-electron chi connectivity index (χ4n) is 5.82. The van der Waals surface area contributed by atoms with Gasteiger partial charge in [-0.25, -0.2) is 6.57 Å². The highest BCUT2D eigenvalue weighted by Gasteiger charge is 2.61. The van der Waals surface area contributed by atoms with Gasteiger partial charge in [0.15, 0.2) is 0 Å². The molecule has 0 unspecified atom stereocenters. The van der Waals surface area contributed by atoms with Gasteiger partial charge in [-0.15, -0.1) is 0 Å². The molecule has 0 aromatic carbocycles. The summed E-state index contributed by atoms with van der Waals surface area (Å²) < 4.78 is 0. The third kappa shape index (κ3) is 2.18. The molecule has 1 nitrogen and oxygen atoms in total. The predicted molar refractivity (Wildman–Crippen MR) is 93.3 cm³/mol. The summed E-state index contributed by atoms with van der Waals surface area (Å²) in [6.07, 6.45) is 8.58. The molecule has 0 heterocycles. The monoisotopic (exact) mass is 297 g/mol. The number of hydrogen-bond acceptors (Lipinski definition) is 0. The highest BCUT2D eigenvalue weighted by molar-refractivity contribution is 5.40. The number of nitrogens with zero attached hydrogens (tertiary/aromatic N) is 1. The summed E-state index contributed by atoms with van der Waals surface area (Å²) in [4.78, 5) is 4.34. The van der Waals surface area contributed by atoms with Crippen molar-refractivity contribution < 1.29 is 0 Å². The Morgan fingerprint density at radius 1 is 1.18 bits per heavy atom. The number of rotatable bonds is 1. The standard InChI is InChI=1S/C21H31N/c1-13(2)11-17-12-15(4)18-8-7-16(5)21(22-6)10-9-14(3)19(17)20(18)21/h11,14-16,18,20H,7-10,12H2,1-5H3/t14-,15-,16-,18+,20-,21-/m0/s1. The molecule has 0 amide bonds. The lowest BCUT2D eigenvalue weighted by molar-refractivity contribution is 0.0419. The van der Waals surface area contributed by atoms with E-state index in [-0.39, 0.29) is 5.54 Å². The van der Waals surface area contributed by atoms with Crippen LogP contribution in [0.2, 0.25) is 0 Å². The van der Waals surface area contributed by atoms with Gasteiger partial charge in [-0.3, -0.25) is 0 Å². The van der Waals surface area contributed by atoms with E-state index in [9.17, 15) is 0 Å². The number of hydrogen-bond donors (Lipinski definition) is 0. The van der Waals surface area contributed by atoms with Gasteiger partial charge in [0, 0.05) is 12.3 Å². The molecule has 0 aliphatic heterocycles. The van der Waals surface area contributed by atoms with Gasteiger partial charge in [-0.05, 0) is 62.9 Å². The average Bonchev–Trinajstić information content (AvgIpc) is 2.46. The second-order valence-electron chi connectivity index (χ2n) is 8.55. The van der Waals surface area contributed by atoms with Crippen molar-refractivity contribution in [2.75, 3.05) is 0 Å². The molecule has 0 N–H and O–H groups in total. The molecule has 1 heteroatoms. The topological polar surface area (TPSA) is 4.36 Å². The summed E-state index contributed by atoms with van der Waals surface area (Å²) in [5, 5.41) is 0. The maximum Gasteiger partial charge on any atom is 0.241 e. The lowest BCUT2D eigenvalue weighted by Crippen LogP contribution is -2.55. The van der Waals surface area contributed by atoms with Crippen LogP contribution in [0.3, 0.4) is 0 Å². The van der Waals surface area contributed by atoms with Gasteiger partial charge in [0.2, 0.25) is 5.54 Å². The summed E-state index contributed by atoms with van der Waals surface area (Å²) in [5.74, 6) is 3.25. The summed E-state index contributed by atoms with van der Waals surface area (Å²) in [7, 11) is 0. The van der Waals surface area contributed by atoms with Crippen molar-refractivity contribution in [1.29, 1.82) is 0 Å². The van der Waals surface area contributed by atoms with Gasteiger partial charge in [-0.2, -0.15) is 0 Å². The van der Waals surface area contributed by atoms with Crippen molar-refractivity contribution in [3.05, 3.63) is 34.2 Å². The Morgan fingerprint density at radius 2 is 1.91 bits per heavy atom. The second-order valence-corrected chi connectivity index (χ2v) is 8.55. The minimum absolute atomic E-state index is 0.0970.